The van der Waals surface area contributed by atoms with Crippen molar-refractivity contribution in [3.63, 3.8) is 0 Å². The van der Waals surface area contributed by atoms with E-state index in [2.05, 4.69) is 28.7 Å². The molecule has 2 heterocycles. The molecule has 4 heteroatoms. The van der Waals surface area contributed by atoms with Gasteiger partial charge in [0.2, 0.25) is 0 Å². The highest BCUT2D eigenvalue weighted by Gasteiger charge is 2.26. The molecule has 2 rings (SSSR count). The topological polar surface area (TPSA) is 29.3 Å². The maximum atomic E-state index is 5.85. The van der Waals surface area contributed by atoms with Crippen LogP contribution in [0.1, 0.15) is 31.4 Å². The van der Waals surface area contributed by atoms with Crippen molar-refractivity contribution in [1.29, 1.82) is 0 Å². The highest BCUT2D eigenvalue weighted by molar-refractivity contribution is 7.07. The molecule has 2 atom stereocenters. The number of rotatable bonds is 3. The van der Waals surface area contributed by atoms with Crippen LogP contribution in [0.3, 0.4) is 0 Å². The lowest BCUT2D eigenvalue weighted by Crippen LogP contribution is -2.35. The van der Waals surface area contributed by atoms with E-state index in [-0.39, 0.29) is 18.4 Å². The second kappa shape index (κ2) is 5.85. The van der Waals surface area contributed by atoms with Crippen LogP contribution in [0.4, 0.5) is 0 Å². The van der Waals surface area contributed by atoms with Gasteiger partial charge in [0.05, 0.1) is 0 Å². The molecule has 0 radical (unpaired) electrons. The van der Waals surface area contributed by atoms with E-state index < -0.39 is 0 Å². The van der Waals surface area contributed by atoms with Crippen molar-refractivity contribution in [3.8, 4) is 0 Å². The molecule has 0 amide bonds. The predicted molar refractivity (Wildman–Crippen MR) is 68.8 cm³/mol. The third-order valence-corrected chi connectivity index (χ3v) is 3.52. The molecule has 2 N–H and O–H groups in total. The highest BCUT2D eigenvalue weighted by Crippen LogP contribution is 2.32. The molecule has 86 valence electrons. The quantitative estimate of drug-likeness (QED) is 0.889. The van der Waals surface area contributed by atoms with Gasteiger partial charge in [-0.2, -0.15) is 11.3 Å². The molecule has 2 nitrogen and oxygen atoms in total. The van der Waals surface area contributed by atoms with Gasteiger partial charge in [0, 0.05) is 18.6 Å². The zero-order chi connectivity index (χ0) is 9.97. The second-order valence-electron chi connectivity index (χ2n) is 4.19. The maximum Gasteiger partial charge on any atom is 0.0357 e. The Kier molecular flexibility index (Phi) is 5.06. The molecule has 0 spiro atoms. The molecule has 0 aliphatic carbocycles. The molecule has 15 heavy (non-hydrogen) atoms. The number of thiophene rings is 1. The number of nitrogens with two attached hydrogens (primary N) is 1. The largest absolute Gasteiger partial charge is 0.327 e. The van der Waals surface area contributed by atoms with Gasteiger partial charge >= 0.3 is 0 Å². The summed E-state index contributed by atoms with van der Waals surface area (Å²) in [6, 6.07) is 3.16. The third kappa shape index (κ3) is 3.18. The summed E-state index contributed by atoms with van der Waals surface area (Å²) in [5, 5.41) is 4.43. The Labute approximate surface area is 102 Å². The van der Waals surface area contributed by atoms with Crippen molar-refractivity contribution in [1.82, 2.24) is 4.90 Å². The molecular formula is C11H19ClN2S. The van der Waals surface area contributed by atoms with Crippen molar-refractivity contribution in [2.75, 3.05) is 13.1 Å². The molecule has 0 aromatic carbocycles. The summed E-state index contributed by atoms with van der Waals surface area (Å²) in [6.07, 6.45) is 2.61. The van der Waals surface area contributed by atoms with Crippen LogP contribution in [0.5, 0.6) is 0 Å². The number of nitrogens with zero attached hydrogens (tertiary/aromatic N) is 1. The molecule has 1 fully saturated rings. The van der Waals surface area contributed by atoms with Crippen LogP contribution in [-0.4, -0.2) is 24.0 Å². The smallest absolute Gasteiger partial charge is 0.0357 e. The van der Waals surface area contributed by atoms with Crippen LogP contribution in [0.25, 0.3) is 0 Å². The van der Waals surface area contributed by atoms with Gasteiger partial charge in [0.25, 0.3) is 0 Å². The van der Waals surface area contributed by atoms with Gasteiger partial charge in [-0.15, -0.1) is 12.4 Å². The lowest BCUT2D eigenvalue weighted by molar-refractivity contribution is 0.245. The summed E-state index contributed by atoms with van der Waals surface area (Å²) in [5.41, 5.74) is 7.33. The van der Waals surface area contributed by atoms with Gasteiger partial charge in [-0.25, -0.2) is 0 Å². The summed E-state index contributed by atoms with van der Waals surface area (Å²) in [5.74, 6) is 0. The first-order valence-electron chi connectivity index (χ1n) is 5.29. The molecule has 1 aromatic rings. The minimum atomic E-state index is 0. The fourth-order valence-corrected chi connectivity index (χ4v) is 2.96. The fourth-order valence-electron chi connectivity index (χ4n) is 2.26. The standard InChI is InChI=1S/C11H18N2S.ClH/c1-9(12)7-13-5-2-3-11(13)10-4-6-14-8-10;/h4,6,8-9,11H,2-3,5,7,12H2,1H3;1H. The SMILES string of the molecule is CC(N)CN1CCCC1c1ccsc1.Cl. The number of likely N-dealkylation sites (tertiary alicyclic amines) is 1. The number of halogens is 1. The average Bonchev–Trinajstić information content (AvgIpc) is 2.70. The van der Waals surface area contributed by atoms with Crippen LogP contribution in [0.15, 0.2) is 16.8 Å². The number of hydrogen-bond donors (Lipinski definition) is 1. The summed E-state index contributed by atoms with van der Waals surface area (Å²) in [6.45, 7) is 4.32. The predicted octanol–water partition coefficient (Wildman–Crippen LogP) is 2.65. The van der Waals surface area contributed by atoms with E-state index in [1.54, 1.807) is 11.3 Å². The Hall–Kier alpha value is -0.0900. The second-order valence-corrected chi connectivity index (χ2v) is 4.97. The molecular weight excluding hydrogens is 228 g/mol. The Morgan fingerprint density at radius 2 is 2.47 bits per heavy atom. The Morgan fingerprint density at radius 1 is 1.67 bits per heavy atom. The minimum Gasteiger partial charge on any atom is -0.327 e. The average molecular weight is 247 g/mol. The van der Waals surface area contributed by atoms with Crippen molar-refractivity contribution in [3.05, 3.63) is 22.4 Å². The van der Waals surface area contributed by atoms with Crippen molar-refractivity contribution >= 4 is 23.7 Å². The molecule has 1 saturated heterocycles. The highest BCUT2D eigenvalue weighted by atomic mass is 35.5. The van der Waals surface area contributed by atoms with Crippen LogP contribution in [0, 0.1) is 0 Å². The van der Waals surface area contributed by atoms with Crippen LogP contribution < -0.4 is 5.73 Å². The summed E-state index contributed by atoms with van der Waals surface area (Å²) in [7, 11) is 0. The first-order chi connectivity index (χ1) is 6.77. The zero-order valence-corrected chi connectivity index (χ0v) is 10.7. The minimum absolute atomic E-state index is 0. The van der Waals surface area contributed by atoms with Gasteiger partial charge < -0.3 is 5.73 Å². The molecule has 0 bridgehead atoms. The first kappa shape index (κ1) is 13.0. The Morgan fingerprint density at radius 3 is 3.07 bits per heavy atom. The van der Waals surface area contributed by atoms with Crippen LogP contribution >= 0.6 is 23.7 Å². The van der Waals surface area contributed by atoms with Crippen molar-refractivity contribution in [2.45, 2.75) is 31.8 Å². The van der Waals surface area contributed by atoms with Crippen LogP contribution in [-0.2, 0) is 0 Å². The lowest BCUT2D eigenvalue weighted by atomic mass is 10.1. The maximum absolute atomic E-state index is 5.85. The normalized spacial score (nSPS) is 23.7. The molecule has 0 saturated carbocycles. The Balaban J connectivity index is 0.00000112. The monoisotopic (exact) mass is 246 g/mol. The van der Waals surface area contributed by atoms with E-state index in [1.807, 2.05) is 0 Å². The number of hydrogen-bond acceptors (Lipinski definition) is 3. The van der Waals surface area contributed by atoms with E-state index in [0.717, 1.165) is 6.54 Å². The van der Waals surface area contributed by atoms with E-state index in [0.29, 0.717) is 6.04 Å². The summed E-state index contributed by atoms with van der Waals surface area (Å²) < 4.78 is 0. The van der Waals surface area contributed by atoms with Gasteiger partial charge in [-0.1, -0.05) is 0 Å². The molecule has 1 aliphatic heterocycles. The van der Waals surface area contributed by atoms with Gasteiger partial charge in [0.1, 0.15) is 0 Å². The van der Waals surface area contributed by atoms with E-state index in [1.165, 1.54) is 24.9 Å². The van der Waals surface area contributed by atoms with Gasteiger partial charge in [-0.3, -0.25) is 4.90 Å². The van der Waals surface area contributed by atoms with Gasteiger partial charge in [0.15, 0.2) is 0 Å². The summed E-state index contributed by atoms with van der Waals surface area (Å²) in [4.78, 5) is 2.52. The fraction of sp³-hybridized carbons (Fsp3) is 0.636. The Bertz CT molecular complexity index is 274. The van der Waals surface area contributed by atoms with Crippen molar-refractivity contribution < 1.29 is 0 Å². The van der Waals surface area contributed by atoms with E-state index in [4.69, 9.17) is 5.73 Å². The molecule has 1 aliphatic rings. The first-order valence-corrected chi connectivity index (χ1v) is 6.23. The van der Waals surface area contributed by atoms with Crippen molar-refractivity contribution in [2.24, 2.45) is 5.73 Å². The van der Waals surface area contributed by atoms with E-state index in [9.17, 15) is 0 Å². The molecule has 2 unspecified atom stereocenters. The lowest BCUT2D eigenvalue weighted by Gasteiger charge is -2.25. The zero-order valence-electron chi connectivity index (χ0n) is 9.06. The third-order valence-electron chi connectivity index (χ3n) is 2.81. The van der Waals surface area contributed by atoms with E-state index >= 15 is 0 Å². The molecule has 1 aromatic heterocycles. The van der Waals surface area contributed by atoms with Gasteiger partial charge in [-0.05, 0) is 48.7 Å². The summed E-state index contributed by atoms with van der Waals surface area (Å²) >= 11 is 1.79. The van der Waals surface area contributed by atoms with Crippen LogP contribution in [0.2, 0.25) is 0 Å².